The Kier molecular flexibility index (Phi) is 6.63. The van der Waals surface area contributed by atoms with Crippen LogP contribution < -0.4 is 0 Å². The molecule has 3 rings (SSSR count). The average molecular weight is 375 g/mol. The van der Waals surface area contributed by atoms with Crippen LogP contribution >= 0.6 is 11.8 Å². The number of rotatable bonds is 7. The van der Waals surface area contributed by atoms with E-state index in [0.29, 0.717) is 13.0 Å². The van der Waals surface area contributed by atoms with Gasteiger partial charge in [-0.15, -0.1) is 0 Å². The molecule has 1 atom stereocenters. The van der Waals surface area contributed by atoms with Crippen LogP contribution in [-0.4, -0.2) is 59.8 Å². The Morgan fingerprint density at radius 2 is 2.00 bits per heavy atom. The molecule has 0 N–H and O–H groups in total. The maximum absolute atomic E-state index is 13.2. The van der Waals surface area contributed by atoms with Crippen LogP contribution in [0.25, 0.3) is 0 Å². The quantitative estimate of drug-likeness (QED) is 0.736. The third kappa shape index (κ3) is 4.43. The van der Waals surface area contributed by atoms with E-state index in [1.54, 1.807) is 11.8 Å². The summed E-state index contributed by atoms with van der Waals surface area (Å²) in [6, 6.07) is 10.5. The fraction of sp³-hybridized carbons (Fsp3) is 0.619. The van der Waals surface area contributed by atoms with Crippen molar-refractivity contribution in [3.8, 4) is 0 Å². The van der Waals surface area contributed by atoms with Crippen LogP contribution in [0.5, 0.6) is 0 Å². The summed E-state index contributed by atoms with van der Waals surface area (Å²) in [5.41, 5.74) is 1.03. The van der Waals surface area contributed by atoms with Crippen molar-refractivity contribution in [2.45, 2.75) is 38.5 Å². The minimum absolute atomic E-state index is 0.213. The third-order valence-corrected chi connectivity index (χ3v) is 6.40. The number of carbonyl (C=O) groups excluding carboxylic acids is 2. The predicted octanol–water partition coefficient (Wildman–Crippen LogP) is 3.21. The number of amides is 2. The zero-order valence-electron chi connectivity index (χ0n) is 15.8. The van der Waals surface area contributed by atoms with Gasteiger partial charge in [-0.3, -0.25) is 9.59 Å². The molecule has 142 valence electrons. The second-order valence-electron chi connectivity index (χ2n) is 7.57. The largest absolute Gasteiger partial charge is 0.342 e. The van der Waals surface area contributed by atoms with Crippen molar-refractivity contribution in [3.05, 3.63) is 35.9 Å². The molecule has 26 heavy (non-hydrogen) atoms. The van der Waals surface area contributed by atoms with E-state index in [4.69, 9.17) is 0 Å². The number of hydrogen-bond donors (Lipinski definition) is 0. The molecular weight excluding hydrogens is 344 g/mol. The highest BCUT2D eigenvalue weighted by molar-refractivity contribution is 7.98. The van der Waals surface area contributed by atoms with Gasteiger partial charge in [0.05, 0.1) is 5.41 Å². The van der Waals surface area contributed by atoms with Gasteiger partial charge in [-0.2, -0.15) is 11.8 Å². The Morgan fingerprint density at radius 3 is 2.77 bits per heavy atom. The molecule has 2 heterocycles. The molecule has 0 aliphatic carbocycles. The fourth-order valence-corrected chi connectivity index (χ4v) is 4.67. The first-order valence-corrected chi connectivity index (χ1v) is 11.1. The number of hydrogen-bond acceptors (Lipinski definition) is 3. The van der Waals surface area contributed by atoms with E-state index >= 15 is 0 Å². The molecule has 2 aliphatic rings. The maximum atomic E-state index is 13.2. The van der Waals surface area contributed by atoms with Crippen molar-refractivity contribution in [1.82, 2.24) is 9.80 Å². The van der Waals surface area contributed by atoms with E-state index in [1.165, 1.54) is 5.56 Å². The number of likely N-dealkylation sites (tertiary alicyclic amines) is 2. The molecule has 0 saturated carbocycles. The van der Waals surface area contributed by atoms with Crippen LogP contribution in [0.1, 0.15) is 37.7 Å². The second kappa shape index (κ2) is 8.94. The molecular formula is C21H30N2O2S. The summed E-state index contributed by atoms with van der Waals surface area (Å²) in [5, 5.41) is 0. The molecule has 2 saturated heterocycles. The lowest BCUT2D eigenvalue weighted by atomic mass is 9.78. The molecule has 0 aromatic heterocycles. The van der Waals surface area contributed by atoms with E-state index < -0.39 is 0 Å². The van der Waals surface area contributed by atoms with Gasteiger partial charge in [0.1, 0.15) is 0 Å². The minimum Gasteiger partial charge on any atom is -0.342 e. The molecule has 1 aromatic rings. The van der Waals surface area contributed by atoms with Crippen molar-refractivity contribution in [3.63, 3.8) is 0 Å². The zero-order valence-corrected chi connectivity index (χ0v) is 16.6. The van der Waals surface area contributed by atoms with E-state index in [0.717, 1.165) is 57.5 Å². The molecule has 0 bridgehead atoms. The molecule has 2 amide bonds. The van der Waals surface area contributed by atoms with E-state index in [-0.39, 0.29) is 17.2 Å². The summed E-state index contributed by atoms with van der Waals surface area (Å²) < 4.78 is 0. The highest BCUT2D eigenvalue weighted by Crippen LogP contribution is 2.40. The number of carbonyl (C=O) groups is 2. The van der Waals surface area contributed by atoms with Crippen LogP contribution in [0.2, 0.25) is 0 Å². The standard InChI is InChI=1S/C21H30N2O2S/c1-26-16-10-19(24)23-15-12-21(17-23)11-6-14-22(20(21)25)13-5-9-18-7-3-2-4-8-18/h2-4,7-8H,5-6,9-17H2,1H3/t21-/m0/s1. The van der Waals surface area contributed by atoms with E-state index in [9.17, 15) is 9.59 Å². The predicted molar refractivity (Wildman–Crippen MR) is 107 cm³/mol. The Hall–Kier alpha value is -1.49. The molecule has 0 radical (unpaired) electrons. The summed E-state index contributed by atoms with van der Waals surface area (Å²) in [6.45, 7) is 3.08. The summed E-state index contributed by atoms with van der Waals surface area (Å²) >= 11 is 1.70. The lowest BCUT2D eigenvalue weighted by Gasteiger charge is -2.39. The van der Waals surface area contributed by atoms with Gasteiger partial charge in [-0.1, -0.05) is 30.3 Å². The maximum Gasteiger partial charge on any atom is 0.230 e. The second-order valence-corrected chi connectivity index (χ2v) is 8.56. The van der Waals surface area contributed by atoms with E-state index in [2.05, 4.69) is 29.2 Å². The average Bonchev–Trinajstić information content (AvgIpc) is 3.09. The van der Waals surface area contributed by atoms with Crippen LogP contribution in [0.4, 0.5) is 0 Å². The minimum atomic E-state index is -0.306. The summed E-state index contributed by atoms with van der Waals surface area (Å²) in [7, 11) is 0. The fourth-order valence-electron chi connectivity index (χ4n) is 4.30. The van der Waals surface area contributed by atoms with Gasteiger partial charge in [0.15, 0.2) is 0 Å². The highest BCUT2D eigenvalue weighted by Gasteiger charge is 2.48. The van der Waals surface area contributed by atoms with Gasteiger partial charge in [0.2, 0.25) is 11.8 Å². The molecule has 2 fully saturated rings. The molecule has 0 unspecified atom stereocenters. The Morgan fingerprint density at radius 1 is 1.19 bits per heavy atom. The number of nitrogens with zero attached hydrogens (tertiary/aromatic N) is 2. The molecule has 5 heteroatoms. The lowest BCUT2D eigenvalue weighted by molar-refractivity contribution is -0.146. The SMILES string of the molecule is CSCCC(=O)N1CC[C@@]2(CCCN(CCCc3ccccc3)C2=O)C1. The molecule has 4 nitrogen and oxygen atoms in total. The van der Waals surface area contributed by atoms with Crippen LogP contribution in [0.3, 0.4) is 0 Å². The van der Waals surface area contributed by atoms with Crippen molar-refractivity contribution in [2.75, 3.05) is 38.2 Å². The molecule has 2 aliphatic heterocycles. The van der Waals surface area contributed by atoms with Gasteiger partial charge >= 0.3 is 0 Å². The monoisotopic (exact) mass is 374 g/mol. The van der Waals surface area contributed by atoms with Crippen molar-refractivity contribution in [1.29, 1.82) is 0 Å². The Bertz CT molecular complexity index is 622. The van der Waals surface area contributed by atoms with Gasteiger partial charge < -0.3 is 9.80 Å². The van der Waals surface area contributed by atoms with Crippen LogP contribution in [0.15, 0.2) is 30.3 Å². The lowest BCUT2D eigenvalue weighted by Crippen LogP contribution is -2.50. The summed E-state index contributed by atoms with van der Waals surface area (Å²) in [4.78, 5) is 29.5. The van der Waals surface area contributed by atoms with E-state index in [1.807, 2.05) is 17.2 Å². The van der Waals surface area contributed by atoms with Gasteiger partial charge in [-0.05, 0) is 43.9 Å². The van der Waals surface area contributed by atoms with Crippen LogP contribution in [-0.2, 0) is 16.0 Å². The first kappa shape index (κ1) is 19.3. The third-order valence-electron chi connectivity index (χ3n) is 5.79. The normalized spacial score (nSPS) is 23.0. The Balaban J connectivity index is 1.53. The summed E-state index contributed by atoms with van der Waals surface area (Å²) in [5.74, 6) is 1.37. The van der Waals surface area contributed by atoms with Crippen molar-refractivity contribution < 1.29 is 9.59 Å². The smallest absolute Gasteiger partial charge is 0.230 e. The van der Waals surface area contributed by atoms with Crippen molar-refractivity contribution >= 4 is 23.6 Å². The number of piperidine rings is 1. The number of thioether (sulfide) groups is 1. The van der Waals surface area contributed by atoms with Gasteiger partial charge in [-0.25, -0.2) is 0 Å². The molecule has 1 spiro atoms. The summed E-state index contributed by atoms with van der Waals surface area (Å²) in [6.07, 6.45) is 7.46. The zero-order chi connectivity index (χ0) is 18.4. The Labute approximate surface area is 161 Å². The number of aryl methyl sites for hydroxylation is 1. The highest BCUT2D eigenvalue weighted by atomic mass is 32.2. The van der Waals surface area contributed by atoms with Crippen molar-refractivity contribution in [2.24, 2.45) is 5.41 Å². The number of benzene rings is 1. The first-order valence-electron chi connectivity index (χ1n) is 9.75. The molecule has 1 aromatic carbocycles. The van der Waals surface area contributed by atoms with Crippen LogP contribution in [0, 0.1) is 5.41 Å². The topological polar surface area (TPSA) is 40.6 Å². The van der Waals surface area contributed by atoms with Gasteiger partial charge in [0, 0.05) is 38.4 Å². The first-order chi connectivity index (χ1) is 12.6. The van der Waals surface area contributed by atoms with Gasteiger partial charge in [0.25, 0.3) is 0 Å².